The molecule has 70 valence electrons. The van der Waals surface area contributed by atoms with Gasteiger partial charge in [0, 0.05) is 10.5 Å². The predicted molar refractivity (Wildman–Crippen MR) is 46.9 cm³/mol. The monoisotopic (exact) mass is 221 g/mol. The van der Waals surface area contributed by atoms with Crippen LogP contribution in [0, 0.1) is 6.92 Å². The average molecular weight is 221 g/mol. The Bertz CT molecular complexity index is 381. The number of hydrogen-bond donors (Lipinski definition) is 1. The Morgan fingerprint density at radius 3 is 2.50 bits per heavy atom. The summed E-state index contributed by atoms with van der Waals surface area (Å²) in [5, 5.41) is 0. The van der Waals surface area contributed by atoms with Crippen molar-refractivity contribution < 1.29 is 43.1 Å². The molecule has 0 saturated carbocycles. The summed E-state index contributed by atoms with van der Waals surface area (Å²) in [5.74, 6) is -0.621. The zero-order valence-corrected chi connectivity index (χ0v) is 10.8. The predicted octanol–water partition coefficient (Wildman–Crippen LogP) is -2.66. The van der Waals surface area contributed by atoms with Crippen molar-refractivity contribution in [3.63, 3.8) is 0 Å². The SMILES string of the molecule is Cc1ccc(S(=O)[O-])cc1C(N)=O.[Na+]. The molecule has 0 saturated heterocycles. The van der Waals surface area contributed by atoms with E-state index >= 15 is 0 Å². The molecule has 0 heterocycles. The van der Waals surface area contributed by atoms with E-state index < -0.39 is 17.0 Å². The molecule has 4 nitrogen and oxygen atoms in total. The normalized spacial score (nSPS) is 11.6. The Hall–Kier alpha value is -0.200. The average Bonchev–Trinajstić information content (AvgIpc) is 2.04. The molecular weight excluding hydrogens is 213 g/mol. The first-order valence-electron chi connectivity index (χ1n) is 3.52. The number of hydrogen-bond acceptors (Lipinski definition) is 3. The van der Waals surface area contributed by atoms with Gasteiger partial charge in [-0.1, -0.05) is 6.07 Å². The first-order valence-corrected chi connectivity index (χ1v) is 4.59. The molecule has 1 aromatic carbocycles. The summed E-state index contributed by atoms with van der Waals surface area (Å²) in [4.78, 5) is 10.9. The number of carbonyl (C=O) groups is 1. The number of primary amides is 1. The molecule has 0 aliphatic rings. The summed E-state index contributed by atoms with van der Waals surface area (Å²) in [5.41, 5.74) is 5.95. The summed E-state index contributed by atoms with van der Waals surface area (Å²) in [7, 11) is 0. The van der Waals surface area contributed by atoms with Crippen molar-refractivity contribution in [2.24, 2.45) is 5.73 Å². The van der Waals surface area contributed by atoms with Crippen molar-refractivity contribution in [3.8, 4) is 0 Å². The van der Waals surface area contributed by atoms with E-state index in [0.29, 0.717) is 5.56 Å². The largest absolute Gasteiger partial charge is 1.00 e. The van der Waals surface area contributed by atoms with E-state index in [-0.39, 0.29) is 40.0 Å². The van der Waals surface area contributed by atoms with Gasteiger partial charge < -0.3 is 10.3 Å². The van der Waals surface area contributed by atoms with Gasteiger partial charge in [-0.2, -0.15) is 0 Å². The second-order valence-corrected chi connectivity index (χ2v) is 3.52. The molecule has 1 aromatic rings. The van der Waals surface area contributed by atoms with Crippen LogP contribution in [0.25, 0.3) is 0 Å². The first kappa shape index (κ1) is 13.8. The molecule has 0 aliphatic heterocycles. The molecule has 0 radical (unpaired) electrons. The van der Waals surface area contributed by atoms with Gasteiger partial charge in [-0.15, -0.1) is 0 Å². The third-order valence-electron chi connectivity index (χ3n) is 1.67. The molecule has 0 spiro atoms. The van der Waals surface area contributed by atoms with Crippen LogP contribution in [-0.2, 0) is 11.1 Å². The maximum Gasteiger partial charge on any atom is 1.00 e. The molecule has 0 bridgehead atoms. The zero-order valence-electron chi connectivity index (χ0n) is 7.94. The summed E-state index contributed by atoms with van der Waals surface area (Å²) in [6, 6.07) is 4.23. The number of benzene rings is 1. The molecule has 1 amide bonds. The summed E-state index contributed by atoms with van der Waals surface area (Å²) >= 11 is -2.32. The van der Waals surface area contributed by atoms with Crippen LogP contribution >= 0.6 is 0 Å². The van der Waals surface area contributed by atoms with Gasteiger partial charge in [0.25, 0.3) is 0 Å². The van der Waals surface area contributed by atoms with Crippen LogP contribution in [0.1, 0.15) is 15.9 Å². The molecule has 0 aliphatic carbocycles. The minimum atomic E-state index is -2.32. The molecule has 6 heteroatoms. The summed E-state index contributed by atoms with van der Waals surface area (Å²) in [6.45, 7) is 1.69. The molecule has 1 unspecified atom stereocenters. The fraction of sp³-hybridized carbons (Fsp3) is 0.125. The maximum absolute atomic E-state index is 10.8. The van der Waals surface area contributed by atoms with Gasteiger partial charge in [-0.3, -0.25) is 9.00 Å². The van der Waals surface area contributed by atoms with Gasteiger partial charge in [-0.25, -0.2) is 0 Å². The van der Waals surface area contributed by atoms with E-state index in [1.807, 2.05) is 0 Å². The van der Waals surface area contributed by atoms with Crippen LogP contribution in [0.2, 0.25) is 0 Å². The first-order chi connectivity index (χ1) is 6.02. The van der Waals surface area contributed by atoms with Gasteiger partial charge >= 0.3 is 29.6 Å². The number of rotatable bonds is 2. The van der Waals surface area contributed by atoms with Gasteiger partial charge in [0.15, 0.2) is 0 Å². The molecule has 1 atom stereocenters. The summed E-state index contributed by atoms with van der Waals surface area (Å²) < 4.78 is 21.1. The van der Waals surface area contributed by atoms with Crippen LogP contribution < -0.4 is 35.3 Å². The quantitative estimate of drug-likeness (QED) is 0.437. The third-order valence-corrected chi connectivity index (χ3v) is 2.31. The number of aryl methyl sites for hydroxylation is 1. The number of nitrogens with two attached hydrogens (primary N) is 1. The number of carbonyl (C=O) groups excluding carboxylic acids is 1. The van der Waals surface area contributed by atoms with Crippen molar-refractivity contribution in [2.45, 2.75) is 11.8 Å². The Labute approximate surface area is 106 Å². The fourth-order valence-electron chi connectivity index (χ4n) is 0.970. The van der Waals surface area contributed by atoms with Crippen LogP contribution in [0.4, 0.5) is 0 Å². The van der Waals surface area contributed by atoms with Crippen LogP contribution in [0.3, 0.4) is 0 Å². The van der Waals surface area contributed by atoms with Crippen molar-refractivity contribution >= 4 is 17.0 Å². The van der Waals surface area contributed by atoms with Gasteiger partial charge in [-0.05, 0) is 35.7 Å². The molecule has 2 N–H and O–H groups in total. The van der Waals surface area contributed by atoms with Crippen LogP contribution in [-0.4, -0.2) is 14.7 Å². The van der Waals surface area contributed by atoms with E-state index in [1.165, 1.54) is 12.1 Å². The van der Waals surface area contributed by atoms with Crippen molar-refractivity contribution in [1.82, 2.24) is 0 Å². The van der Waals surface area contributed by atoms with E-state index in [4.69, 9.17) is 5.73 Å². The van der Waals surface area contributed by atoms with E-state index in [1.54, 1.807) is 13.0 Å². The van der Waals surface area contributed by atoms with E-state index in [2.05, 4.69) is 0 Å². The van der Waals surface area contributed by atoms with Gasteiger partial charge in [0.2, 0.25) is 5.91 Å². The second-order valence-electron chi connectivity index (χ2n) is 2.58. The minimum Gasteiger partial charge on any atom is -0.768 e. The molecule has 1 rings (SSSR count). The molecule has 0 aromatic heterocycles. The molecule has 0 fully saturated rings. The standard InChI is InChI=1S/C8H9NO3S.Na/c1-5-2-3-6(13(11)12)4-7(5)8(9)10;/h2-4H,1H3,(H2,9,10)(H,11,12);/q;+1/p-1. The number of amides is 1. The van der Waals surface area contributed by atoms with Crippen LogP contribution in [0.15, 0.2) is 23.1 Å². The van der Waals surface area contributed by atoms with Crippen molar-refractivity contribution in [1.29, 1.82) is 0 Å². The zero-order chi connectivity index (χ0) is 10.0. The van der Waals surface area contributed by atoms with Gasteiger partial charge in [0.05, 0.1) is 0 Å². The Kier molecular flexibility index (Phi) is 5.54. The van der Waals surface area contributed by atoms with E-state index in [9.17, 15) is 13.6 Å². The third kappa shape index (κ3) is 3.18. The summed E-state index contributed by atoms with van der Waals surface area (Å²) in [6.07, 6.45) is 0. The molecular formula is C8H8NNaO3S. The maximum atomic E-state index is 10.8. The van der Waals surface area contributed by atoms with Crippen molar-refractivity contribution in [3.05, 3.63) is 29.3 Å². The molecule has 14 heavy (non-hydrogen) atoms. The Morgan fingerprint density at radius 2 is 2.07 bits per heavy atom. The van der Waals surface area contributed by atoms with Crippen LogP contribution in [0.5, 0.6) is 0 Å². The van der Waals surface area contributed by atoms with Gasteiger partial charge in [0.1, 0.15) is 0 Å². The Balaban J connectivity index is 0.00000169. The fourth-order valence-corrected chi connectivity index (χ4v) is 1.36. The smallest absolute Gasteiger partial charge is 0.768 e. The topological polar surface area (TPSA) is 83.2 Å². The second kappa shape index (κ2) is 5.63. The minimum absolute atomic E-state index is 0. The van der Waals surface area contributed by atoms with Crippen molar-refractivity contribution in [2.75, 3.05) is 0 Å². The Morgan fingerprint density at radius 1 is 1.50 bits per heavy atom. The van der Waals surface area contributed by atoms with E-state index in [0.717, 1.165) is 0 Å².